The highest BCUT2D eigenvalue weighted by Gasteiger charge is 2.10. The van der Waals surface area contributed by atoms with E-state index in [2.05, 4.69) is 12.2 Å². The lowest BCUT2D eigenvalue weighted by Gasteiger charge is -2.10. The molecule has 0 fully saturated rings. The quantitative estimate of drug-likeness (QED) is 0.239. The van der Waals surface area contributed by atoms with E-state index in [1.807, 2.05) is 12.1 Å². The molecule has 1 atom stereocenters. The third-order valence-corrected chi connectivity index (χ3v) is 5.01. The molecule has 0 heterocycles. The lowest BCUT2D eigenvalue weighted by molar-refractivity contribution is -0.119. The zero-order chi connectivity index (χ0) is 22.0. The van der Waals surface area contributed by atoms with Crippen LogP contribution in [0.2, 0.25) is 0 Å². The van der Waals surface area contributed by atoms with E-state index in [1.54, 1.807) is 12.1 Å². The Balaban J connectivity index is 2.07. The van der Waals surface area contributed by atoms with Crippen LogP contribution < -0.4 is 5.32 Å². The molecule has 6 nitrogen and oxygen atoms in total. The van der Waals surface area contributed by atoms with Gasteiger partial charge in [0.15, 0.2) is 0 Å². The van der Waals surface area contributed by atoms with E-state index < -0.39 is 18.7 Å². The van der Waals surface area contributed by atoms with Gasteiger partial charge in [-0.3, -0.25) is 4.79 Å². The molecule has 1 rings (SSSR count). The number of esters is 1. The summed E-state index contributed by atoms with van der Waals surface area (Å²) in [6, 6.07) is 6.94. The number of carbonyl (C=O) groups is 2. The Morgan fingerprint density at radius 2 is 1.53 bits per heavy atom. The summed E-state index contributed by atoms with van der Waals surface area (Å²) in [5.74, 6) is -0.132. The summed E-state index contributed by atoms with van der Waals surface area (Å²) in [4.78, 5) is 23.7. The largest absolute Gasteiger partial charge is 0.459 e. The second-order valence-electron chi connectivity index (χ2n) is 7.81. The predicted molar refractivity (Wildman–Crippen MR) is 120 cm³/mol. The van der Waals surface area contributed by atoms with E-state index in [0.717, 1.165) is 44.3 Å². The summed E-state index contributed by atoms with van der Waals surface area (Å²) < 4.78 is 4.91. The first kappa shape index (κ1) is 26.1. The average molecular weight is 422 g/mol. The van der Waals surface area contributed by atoms with Crippen molar-refractivity contribution >= 4 is 17.4 Å². The smallest absolute Gasteiger partial charge is 0.338 e. The molecule has 6 heteroatoms. The molecule has 0 aliphatic heterocycles. The fraction of sp³-hybridized carbons (Fsp3) is 0.667. The number of hydrogen-bond donors (Lipinski definition) is 3. The molecule has 1 aromatic rings. The van der Waals surface area contributed by atoms with E-state index in [-0.39, 0.29) is 6.61 Å². The number of anilines is 1. The molecule has 0 amide bonds. The maximum absolute atomic E-state index is 11.9. The van der Waals surface area contributed by atoms with Crippen LogP contribution in [0.15, 0.2) is 24.3 Å². The summed E-state index contributed by atoms with van der Waals surface area (Å²) in [5, 5.41) is 21.2. The monoisotopic (exact) mass is 421 g/mol. The number of ketones is 1. The van der Waals surface area contributed by atoms with E-state index in [0.29, 0.717) is 17.8 Å². The molecular weight excluding hydrogens is 382 g/mol. The van der Waals surface area contributed by atoms with Crippen molar-refractivity contribution in [3.05, 3.63) is 29.8 Å². The van der Waals surface area contributed by atoms with Gasteiger partial charge >= 0.3 is 5.97 Å². The minimum Gasteiger partial charge on any atom is -0.459 e. The molecule has 0 aliphatic carbocycles. The number of unbranched alkanes of at least 4 members (excludes halogenated alkanes) is 7. The first-order valence-electron chi connectivity index (χ1n) is 11.4. The molecule has 0 bridgehead atoms. The summed E-state index contributed by atoms with van der Waals surface area (Å²) in [6.45, 7) is 2.36. The van der Waals surface area contributed by atoms with Crippen molar-refractivity contribution in [1.29, 1.82) is 0 Å². The predicted octanol–water partition coefficient (Wildman–Crippen LogP) is 4.49. The van der Waals surface area contributed by atoms with Gasteiger partial charge in [-0.05, 0) is 43.5 Å². The first-order chi connectivity index (χ1) is 14.6. The van der Waals surface area contributed by atoms with Crippen molar-refractivity contribution in [3.8, 4) is 0 Å². The van der Waals surface area contributed by atoms with Gasteiger partial charge in [-0.2, -0.15) is 0 Å². The Bertz CT molecular complexity index is 588. The van der Waals surface area contributed by atoms with Gasteiger partial charge in [0.05, 0.1) is 12.2 Å². The van der Waals surface area contributed by atoms with Crippen molar-refractivity contribution < 1.29 is 24.5 Å². The Labute approximate surface area is 181 Å². The number of benzene rings is 1. The topological polar surface area (TPSA) is 95.9 Å². The SMILES string of the molecule is CCCCCCCCC(=O)CCCCCNc1ccc(C(=O)OCC(O)CO)cc1. The van der Waals surface area contributed by atoms with Crippen LogP contribution in [0.4, 0.5) is 5.69 Å². The second kappa shape index (κ2) is 16.8. The molecule has 3 N–H and O–H groups in total. The fourth-order valence-electron chi connectivity index (χ4n) is 3.12. The van der Waals surface area contributed by atoms with Crippen LogP contribution >= 0.6 is 0 Å². The Morgan fingerprint density at radius 1 is 0.933 bits per heavy atom. The zero-order valence-corrected chi connectivity index (χ0v) is 18.4. The first-order valence-corrected chi connectivity index (χ1v) is 11.4. The van der Waals surface area contributed by atoms with Crippen LogP contribution in [-0.2, 0) is 9.53 Å². The van der Waals surface area contributed by atoms with Crippen molar-refractivity contribution in [3.63, 3.8) is 0 Å². The van der Waals surface area contributed by atoms with Crippen LogP contribution in [-0.4, -0.2) is 47.8 Å². The highest BCUT2D eigenvalue weighted by Crippen LogP contribution is 2.12. The number of rotatable bonds is 18. The van der Waals surface area contributed by atoms with Crippen molar-refractivity contribution in [2.24, 2.45) is 0 Å². The molecule has 1 unspecified atom stereocenters. The van der Waals surface area contributed by atoms with E-state index in [4.69, 9.17) is 9.84 Å². The third kappa shape index (κ3) is 12.6. The number of aliphatic hydroxyl groups is 2. The standard InChI is InChI=1S/C24H39NO5/c1-2-3-4-5-6-8-11-22(27)12-9-7-10-17-25-21-15-13-20(14-16-21)24(29)30-19-23(28)18-26/h13-16,23,25-26,28H,2-12,17-19H2,1H3. The maximum Gasteiger partial charge on any atom is 0.338 e. The summed E-state index contributed by atoms with van der Waals surface area (Å²) in [5.41, 5.74) is 1.32. The van der Waals surface area contributed by atoms with Crippen LogP contribution in [0, 0.1) is 0 Å². The molecule has 0 saturated carbocycles. The van der Waals surface area contributed by atoms with Gasteiger partial charge in [0.1, 0.15) is 18.5 Å². The molecule has 30 heavy (non-hydrogen) atoms. The molecule has 0 saturated heterocycles. The minimum absolute atomic E-state index is 0.225. The van der Waals surface area contributed by atoms with Gasteiger partial charge in [-0.15, -0.1) is 0 Å². The van der Waals surface area contributed by atoms with Crippen molar-refractivity contribution in [1.82, 2.24) is 0 Å². The van der Waals surface area contributed by atoms with Crippen molar-refractivity contribution in [2.75, 3.05) is 25.1 Å². The zero-order valence-electron chi connectivity index (χ0n) is 18.4. The van der Waals surface area contributed by atoms with E-state index in [1.165, 1.54) is 32.1 Å². The minimum atomic E-state index is -1.05. The van der Waals surface area contributed by atoms with Gasteiger partial charge in [-0.25, -0.2) is 4.79 Å². The molecule has 0 aliphatic rings. The van der Waals surface area contributed by atoms with Gasteiger partial charge in [-0.1, -0.05) is 45.4 Å². The number of aliphatic hydroxyl groups excluding tert-OH is 2. The van der Waals surface area contributed by atoms with E-state index in [9.17, 15) is 14.7 Å². The number of ether oxygens (including phenoxy) is 1. The molecule has 0 spiro atoms. The highest BCUT2D eigenvalue weighted by atomic mass is 16.5. The van der Waals surface area contributed by atoms with Crippen LogP contribution in [0.3, 0.4) is 0 Å². The highest BCUT2D eigenvalue weighted by molar-refractivity contribution is 5.89. The molecule has 0 radical (unpaired) electrons. The van der Waals surface area contributed by atoms with Crippen LogP contribution in [0.1, 0.15) is 87.9 Å². The van der Waals surface area contributed by atoms with Gasteiger partial charge in [0.25, 0.3) is 0 Å². The van der Waals surface area contributed by atoms with Gasteiger partial charge in [0, 0.05) is 25.1 Å². The maximum atomic E-state index is 11.9. The number of carbonyl (C=O) groups excluding carboxylic acids is 2. The number of nitrogens with one attached hydrogen (secondary N) is 1. The number of hydrogen-bond acceptors (Lipinski definition) is 6. The molecule has 170 valence electrons. The van der Waals surface area contributed by atoms with Gasteiger partial charge in [0.2, 0.25) is 0 Å². The summed E-state index contributed by atoms with van der Waals surface area (Å²) in [6.07, 6.45) is 10.6. The van der Waals surface area contributed by atoms with Crippen LogP contribution in [0.5, 0.6) is 0 Å². The lowest BCUT2D eigenvalue weighted by Crippen LogP contribution is -2.21. The molecule has 0 aromatic heterocycles. The molecular formula is C24H39NO5. The summed E-state index contributed by atoms with van der Waals surface area (Å²) >= 11 is 0. The Morgan fingerprint density at radius 3 is 2.17 bits per heavy atom. The second-order valence-corrected chi connectivity index (χ2v) is 7.81. The Kier molecular flexibility index (Phi) is 14.7. The molecule has 1 aromatic carbocycles. The lowest BCUT2D eigenvalue weighted by atomic mass is 10.0. The summed E-state index contributed by atoms with van der Waals surface area (Å²) in [7, 11) is 0. The van der Waals surface area contributed by atoms with E-state index >= 15 is 0 Å². The van der Waals surface area contributed by atoms with Crippen molar-refractivity contribution in [2.45, 2.75) is 83.7 Å². The third-order valence-electron chi connectivity index (χ3n) is 5.01. The van der Waals surface area contributed by atoms with Gasteiger partial charge < -0.3 is 20.3 Å². The average Bonchev–Trinajstić information content (AvgIpc) is 2.76. The fourth-order valence-corrected chi connectivity index (χ4v) is 3.12. The number of Topliss-reactive ketones (excluding diaryl/α,β-unsaturated/α-hetero) is 1. The Hall–Kier alpha value is -1.92. The normalized spacial score (nSPS) is 11.8. The van der Waals surface area contributed by atoms with Crippen LogP contribution in [0.25, 0.3) is 0 Å².